The SMILES string of the molecule is O=C(Cc1ccccc1)NCC(=O)Nc1ccc(F)c(C(F)(F)F)c1. The van der Waals surface area contributed by atoms with E-state index in [0.29, 0.717) is 12.1 Å². The van der Waals surface area contributed by atoms with Crippen LogP contribution in [0, 0.1) is 5.82 Å². The van der Waals surface area contributed by atoms with E-state index >= 15 is 0 Å². The number of nitrogens with one attached hydrogen (secondary N) is 2. The van der Waals surface area contributed by atoms with E-state index in [1.807, 2.05) is 0 Å². The van der Waals surface area contributed by atoms with Crippen LogP contribution in [0.4, 0.5) is 23.2 Å². The van der Waals surface area contributed by atoms with Gasteiger partial charge in [-0.3, -0.25) is 9.59 Å². The van der Waals surface area contributed by atoms with Gasteiger partial charge in [0.1, 0.15) is 5.82 Å². The molecule has 0 fully saturated rings. The number of benzene rings is 2. The molecule has 0 spiro atoms. The maximum atomic E-state index is 13.2. The van der Waals surface area contributed by atoms with Gasteiger partial charge in [-0.05, 0) is 23.8 Å². The lowest BCUT2D eigenvalue weighted by atomic mass is 10.1. The van der Waals surface area contributed by atoms with Crippen LogP contribution in [0.1, 0.15) is 11.1 Å². The number of halogens is 4. The molecular weight excluding hydrogens is 340 g/mol. The van der Waals surface area contributed by atoms with Crippen molar-refractivity contribution in [3.63, 3.8) is 0 Å². The second-order valence-corrected chi connectivity index (χ2v) is 5.18. The van der Waals surface area contributed by atoms with Gasteiger partial charge in [0, 0.05) is 5.69 Å². The number of hydrogen-bond donors (Lipinski definition) is 2. The molecule has 0 atom stereocenters. The Hall–Kier alpha value is -2.90. The van der Waals surface area contributed by atoms with E-state index in [-0.39, 0.29) is 12.1 Å². The molecule has 0 aliphatic heterocycles. The Labute approximate surface area is 140 Å². The Morgan fingerprint density at radius 3 is 2.28 bits per heavy atom. The molecule has 0 bridgehead atoms. The fourth-order valence-electron chi connectivity index (χ4n) is 2.05. The Balaban J connectivity index is 1.89. The third-order valence-corrected chi connectivity index (χ3v) is 3.21. The lowest BCUT2D eigenvalue weighted by Gasteiger charge is -2.11. The molecule has 0 heterocycles. The van der Waals surface area contributed by atoms with Crippen molar-refractivity contribution in [1.29, 1.82) is 0 Å². The molecule has 0 radical (unpaired) electrons. The van der Waals surface area contributed by atoms with Crippen LogP contribution < -0.4 is 10.6 Å². The fraction of sp³-hybridized carbons (Fsp3) is 0.176. The molecule has 0 saturated heterocycles. The molecule has 4 nitrogen and oxygen atoms in total. The predicted molar refractivity (Wildman–Crippen MR) is 83.2 cm³/mol. The van der Waals surface area contributed by atoms with Crippen LogP contribution in [0.2, 0.25) is 0 Å². The van der Waals surface area contributed by atoms with Crippen molar-refractivity contribution in [2.24, 2.45) is 0 Å². The summed E-state index contributed by atoms with van der Waals surface area (Å²) < 4.78 is 51.0. The lowest BCUT2D eigenvalue weighted by molar-refractivity contribution is -0.140. The van der Waals surface area contributed by atoms with Crippen molar-refractivity contribution in [2.75, 3.05) is 11.9 Å². The number of rotatable bonds is 5. The normalized spacial score (nSPS) is 11.0. The Kier molecular flexibility index (Phi) is 5.74. The zero-order valence-corrected chi connectivity index (χ0v) is 12.9. The minimum absolute atomic E-state index is 0.0723. The van der Waals surface area contributed by atoms with Crippen molar-refractivity contribution in [2.45, 2.75) is 12.6 Å². The quantitative estimate of drug-likeness (QED) is 0.811. The molecule has 2 N–H and O–H groups in total. The van der Waals surface area contributed by atoms with E-state index in [0.717, 1.165) is 11.6 Å². The fourth-order valence-corrected chi connectivity index (χ4v) is 2.05. The van der Waals surface area contributed by atoms with Crippen LogP contribution in [-0.2, 0) is 22.2 Å². The van der Waals surface area contributed by atoms with Gasteiger partial charge in [-0.2, -0.15) is 13.2 Å². The molecule has 2 rings (SSSR count). The van der Waals surface area contributed by atoms with Crippen LogP contribution in [0.3, 0.4) is 0 Å². The number of anilines is 1. The summed E-state index contributed by atoms with van der Waals surface area (Å²) >= 11 is 0. The van der Waals surface area contributed by atoms with Gasteiger partial charge in [0.25, 0.3) is 0 Å². The highest BCUT2D eigenvalue weighted by Crippen LogP contribution is 2.32. The van der Waals surface area contributed by atoms with E-state index in [2.05, 4.69) is 10.6 Å². The standard InChI is InChI=1S/C17H14F4N2O2/c18-14-7-6-12(9-13(14)17(19,20)21)23-16(25)10-22-15(24)8-11-4-2-1-3-5-11/h1-7,9H,8,10H2,(H,22,24)(H,23,25). The molecule has 25 heavy (non-hydrogen) atoms. The maximum absolute atomic E-state index is 13.2. The third-order valence-electron chi connectivity index (χ3n) is 3.21. The van der Waals surface area contributed by atoms with Crippen LogP contribution in [0.5, 0.6) is 0 Å². The summed E-state index contributed by atoms with van der Waals surface area (Å²) in [6, 6.07) is 10.9. The molecule has 8 heteroatoms. The first-order valence-electron chi connectivity index (χ1n) is 7.23. The Bertz CT molecular complexity index is 761. The Morgan fingerprint density at radius 2 is 1.64 bits per heavy atom. The minimum Gasteiger partial charge on any atom is -0.347 e. The van der Waals surface area contributed by atoms with E-state index < -0.39 is 35.9 Å². The monoisotopic (exact) mass is 354 g/mol. The first-order valence-corrected chi connectivity index (χ1v) is 7.23. The number of carbonyl (C=O) groups excluding carboxylic acids is 2. The summed E-state index contributed by atoms with van der Waals surface area (Å²) in [5.74, 6) is -2.56. The van der Waals surface area contributed by atoms with E-state index in [9.17, 15) is 27.2 Å². The third kappa shape index (κ3) is 5.59. The van der Waals surface area contributed by atoms with Crippen LogP contribution in [0.25, 0.3) is 0 Å². The predicted octanol–water partition coefficient (Wildman–Crippen LogP) is 3.14. The van der Waals surface area contributed by atoms with Crippen molar-refractivity contribution in [3.8, 4) is 0 Å². The zero-order valence-electron chi connectivity index (χ0n) is 12.9. The molecule has 0 saturated carbocycles. The molecule has 132 valence electrons. The topological polar surface area (TPSA) is 58.2 Å². The van der Waals surface area contributed by atoms with E-state index in [4.69, 9.17) is 0 Å². The number of carbonyl (C=O) groups is 2. The van der Waals surface area contributed by atoms with Gasteiger partial charge < -0.3 is 10.6 Å². The summed E-state index contributed by atoms with van der Waals surface area (Å²) in [7, 11) is 0. The second-order valence-electron chi connectivity index (χ2n) is 5.18. The molecule has 0 aliphatic carbocycles. The number of amides is 2. The minimum atomic E-state index is -4.87. The van der Waals surface area contributed by atoms with Crippen molar-refractivity contribution >= 4 is 17.5 Å². The smallest absolute Gasteiger partial charge is 0.347 e. The highest BCUT2D eigenvalue weighted by molar-refractivity contribution is 5.94. The van der Waals surface area contributed by atoms with Gasteiger partial charge in [0.2, 0.25) is 11.8 Å². The first-order chi connectivity index (χ1) is 11.8. The zero-order chi connectivity index (χ0) is 18.4. The Morgan fingerprint density at radius 1 is 0.960 bits per heavy atom. The van der Waals surface area contributed by atoms with Crippen LogP contribution >= 0.6 is 0 Å². The second kappa shape index (κ2) is 7.78. The van der Waals surface area contributed by atoms with Crippen molar-refractivity contribution in [1.82, 2.24) is 5.32 Å². The van der Waals surface area contributed by atoms with Crippen LogP contribution in [-0.4, -0.2) is 18.4 Å². The summed E-state index contributed by atoms with van der Waals surface area (Å²) in [5, 5.41) is 4.54. The molecule has 2 amide bonds. The van der Waals surface area contributed by atoms with Crippen molar-refractivity contribution in [3.05, 3.63) is 65.5 Å². The van der Waals surface area contributed by atoms with Gasteiger partial charge in [-0.15, -0.1) is 0 Å². The van der Waals surface area contributed by atoms with Gasteiger partial charge >= 0.3 is 6.18 Å². The highest BCUT2D eigenvalue weighted by Gasteiger charge is 2.34. The molecule has 2 aromatic rings. The highest BCUT2D eigenvalue weighted by atomic mass is 19.4. The van der Waals surface area contributed by atoms with Gasteiger partial charge in [-0.1, -0.05) is 30.3 Å². The van der Waals surface area contributed by atoms with Gasteiger partial charge in [0.15, 0.2) is 0 Å². The summed E-state index contributed by atoms with van der Waals surface area (Å²) in [6.45, 7) is -0.412. The number of alkyl halides is 3. The summed E-state index contributed by atoms with van der Waals surface area (Å²) in [4.78, 5) is 23.4. The largest absolute Gasteiger partial charge is 0.419 e. The number of hydrogen-bond acceptors (Lipinski definition) is 2. The van der Waals surface area contributed by atoms with E-state index in [1.54, 1.807) is 30.3 Å². The average Bonchev–Trinajstić information content (AvgIpc) is 2.55. The van der Waals surface area contributed by atoms with Gasteiger partial charge in [0.05, 0.1) is 18.5 Å². The molecular formula is C17H14F4N2O2. The summed E-state index contributed by atoms with van der Waals surface area (Å²) in [6.07, 6.45) is -4.79. The molecule has 0 unspecified atom stereocenters. The molecule has 0 aromatic heterocycles. The average molecular weight is 354 g/mol. The van der Waals surface area contributed by atoms with Gasteiger partial charge in [-0.25, -0.2) is 4.39 Å². The molecule has 0 aliphatic rings. The summed E-state index contributed by atoms with van der Waals surface area (Å²) in [5.41, 5.74) is -0.928. The van der Waals surface area contributed by atoms with Crippen molar-refractivity contribution < 1.29 is 27.2 Å². The lowest BCUT2D eigenvalue weighted by Crippen LogP contribution is -2.33. The van der Waals surface area contributed by atoms with Crippen LogP contribution in [0.15, 0.2) is 48.5 Å². The molecule has 2 aromatic carbocycles. The first kappa shape index (κ1) is 18.4. The van der Waals surface area contributed by atoms with E-state index in [1.165, 1.54) is 0 Å². The maximum Gasteiger partial charge on any atom is 0.419 e.